The van der Waals surface area contributed by atoms with Crippen molar-refractivity contribution in [1.29, 1.82) is 0 Å². The molecule has 7 aromatic carbocycles. The average Bonchev–Trinajstić information content (AvgIpc) is 3.72. The Labute approximate surface area is 292 Å². The quantitative estimate of drug-likeness (QED) is 0.171. The van der Waals surface area contributed by atoms with Crippen LogP contribution in [-0.2, 0) is 0 Å². The van der Waals surface area contributed by atoms with Gasteiger partial charge in [0.1, 0.15) is 0 Å². The number of nitrogens with zero attached hydrogens (tertiary/aromatic N) is 3. The maximum atomic E-state index is 2.54. The number of benzene rings is 7. The minimum absolute atomic E-state index is 0.0683. The molecule has 3 heterocycles. The van der Waals surface area contributed by atoms with Crippen molar-refractivity contribution in [2.45, 2.75) is 0 Å². The number of hydrogen-bond donors (Lipinski definition) is 0. The molecule has 0 aliphatic carbocycles. The van der Waals surface area contributed by atoms with E-state index in [1.807, 2.05) is 0 Å². The normalized spacial score (nSPS) is 12.3. The van der Waals surface area contributed by atoms with Gasteiger partial charge in [-0.3, -0.25) is 0 Å². The summed E-state index contributed by atoms with van der Waals surface area (Å²) < 4.78 is 5.01. The van der Waals surface area contributed by atoms with Gasteiger partial charge in [0.05, 0.1) is 22.4 Å². The minimum atomic E-state index is -0.0683. The molecular weight excluding hydrogens is 605 g/mol. The molecule has 234 valence electrons. The third-order valence-corrected chi connectivity index (χ3v) is 10.2. The molecule has 4 heteroatoms. The topological polar surface area (TPSA) is 13.1 Å². The van der Waals surface area contributed by atoms with Gasteiger partial charge in [-0.2, -0.15) is 0 Å². The van der Waals surface area contributed by atoms with Gasteiger partial charge < -0.3 is 14.0 Å². The first kappa shape index (κ1) is 28.5. The van der Waals surface area contributed by atoms with Gasteiger partial charge in [-0.05, 0) is 59.7 Å². The lowest BCUT2D eigenvalue weighted by Crippen LogP contribution is -2.60. The second-order valence-electron chi connectivity index (χ2n) is 12.9. The summed E-state index contributed by atoms with van der Waals surface area (Å²) in [5.41, 5.74) is 14.4. The Morgan fingerprint density at radius 3 is 1.22 bits per heavy atom. The number of anilines is 3. The van der Waals surface area contributed by atoms with Crippen molar-refractivity contribution in [3.05, 3.63) is 194 Å². The third kappa shape index (κ3) is 4.32. The Kier molecular flexibility index (Phi) is 6.60. The second kappa shape index (κ2) is 11.6. The maximum absolute atomic E-state index is 2.54. The van der Waals surface area contributed by atoms with E-state index in [1.165, 1.54) is 61.0 Å². The predicted molar refractivity (Wildman–Crippen MR) is 211 cm³/mol. The molecule has 0 saturated heterocycles. The van der Waals surface area contributed by atoms with Crippen molar-refractivity contribution in [3.8, 4) is 22.5 Å². The lowest BCUT2D eigenvalue weighted by Gasteiger charge is -2.35. The van der Waals surface area contributed by atoms with Gasteiger partial charge >= 0.3 is 0 Å². The molecular formula is C46H32BN3. The fraction of sp³-hybridized carbons (Fsp3) is 0. The second-order valence-corrected chi connectivity index (χ2v) is 12.9. The Hall–Kier alpha value is -6.52. The molecule has 0 N–H and O–H groups in total. The van der Waals surface area contributed by atoms with Crippen LogP contribution in [-0.4, -0.2) is 15.8 Å². The number of para-hydroxylation sites is 4. The Balaban J connectivity index is 1.38. The van der Waals surface area contributed by atoms with E-state index in [9.17, 15) is 0 Å². The smallest absolute Gasteiger partial charge is 0.289 e. The number of rotatable bonds is 5. The fourth-order valence-corrected chi connectivity index (χ4v) is 8.09. The number of aromatic nitrogens is 2. The Morgan fingerprint density at radius 1 is 0.320 bits per heavy atom. The first-order valence-electron chi connectivity index (χ1n) is 17.2. The van der Waals surface area contributed by atoms with E-state index in [-0.39, 0.29) is 6.71 Å². The van der Waals surface area contributed by atoms with Crippen LogP contribution in [0, 0.1) is 0 Å². The Morgan fingerprint density at radius 2 is 0.720 bits per heavy atom. The van der Waals surface area contributed by atoms with Crippen LogP contribution >= 0.6 is 0 Å². The van der Waals surface area contributed by atoms with E-state index < -0.39 is 0 Å². The predicted octanol–water partition coefficient (Wildman–Crippen LogP) is 9.54. The molecule has 0 spiro atoms. The van der Waals surface area contributed by atoms with Gasteiger partial charge in [0, 0.05) is 39.0 Å². The van der Waals surface area contributed by atoms with Gasteiger partial charge in [-0.25, -0.2) is 0 Å². The van der Waals surface area contributed by atoms with Gasteiger partial charge in [-0.1, -0.05) is 151 Å². The highest BCUT2D eigenvalue weighted by Gasteiger charge is 2.44. The summed E-state index contributed by atoms with van der Waals surface area (Å²) in [6.45, 7) is -0.0683. The number of fused-ring (bicyclic) bond motifs is 6. The molecule has 9 aromatic rings. The lowest BCUT2D eigenvalue weighted by molar-refractivity contribution is 1.13. The van der Waals surface area contributed by atoms with E-state index in [2.05, 4.69) is 208 Å². The molecule has 0 radical (unpaired) electrons. The zero-order valence-electron chi connectivity index (χ0n) is 27.4. The van der Waals surface area contributed by atoms with Gasteiger partial charge in [0.15, 0.2) is 0 Å². The van der Waals surface area contributed by atoms with Gasteiger partial charge in [0.25, 0.3) is 6.71 Å². The average molecular weight is 638 g/mol. The summed E-state index contributed by atoms with van der Waals surface area (Å²) in [5.74, 6) is 0. The summed E-state index contributed by atoms with van der Waals surface area (Å²) in [5, 5.41) is 2.45. The van der Waals surface area contributed by atoms with Crippen LogP contribution in [0.3, 0.4) is 0 Å². The van der Waals surface area contributed by atoms with Crippen molar-refractivity contribution in [3.63, 3.8) is 0 Å². The lowest BCUT2D eigenvalue weighted by atomic mass is 9.38. The van der Waals surface area contributed by atoms with E-state index >= 15 is 0 Å². The molecule has 0 saturated carbocycles. The highest BCUT2D eigenvalue weighted by molar-refractivity contribution is 6.98. The summed E-state index contributed by atoms with van der Waals surface area (Å²) in [6.07, 6.45) is 0. The monoisotopic (exact) mass is 637 g/mol. The van der Waals surface area contributed by atoms with E-state index in [4.69, 9.17) is 0 Å². The van der Waals surface area contributed by atoms with Crippen LogP contribution < -0.4 is 21.5 Å². The van der Waals surface area contributed by atoms with Crippen molar-refractivity contribution >= 4 is 62.2 Å². The van der Waals surface area contributed by atoms with Crippen molar-refractivity contribution in [1.82, 2.24) is 9.13 Å². The molecule has 0 fully saturated rings. The van der Waals surface area contributed by atoms with Crippen LogP contribution in [0.4, 0.5) is 17.1 Å². The highest BCUT2D eigenvalue weighted by atomic mass is 15.2. The summed E-state index contributed by atoms with van der Waals surface area (Å²) >= 11 is 0. The first-order chi connectivity index (χ1) is 24.9. The van der Waals surface area contributed by atoms with Gasteiger partial charge in [-0.15, -0.1) is 0 Å². The van der Waals surface area contributed by atoms with Crippen molar-refractivity contribution in [2.75, 3.05) is 4.90 Å². The molecule has 0 bridgehead atoms. The molecule has 0 amide bonds. The zero-order valence-corrected chi connectivity index (χ0v) is 27.4. The molecule has 2 aromatic heterocycles. The van der Waals surface area contributed by atoms with Crippen LogP contribution in [0.15, 0.2) is 194 Å². The fourth-order valence-electron chi connectivity index (χ4n) is 8.09. The molecule has 50 heavy (non-hydrogen) atoms. The minimum Gasteiger partial charge on any atom is -0.319 e. The molecule has 1 aliphatic heterocycles. The van der Waals surface area contributed by atoms with Crippen LogP contribution in [0.2, 0.25) is 0 Å². The third-order valence-electron chi connectivity index (χ3n) is 10.2. The molecule has 1 aliphatic rings. The maximum Gasteiger partial charge on any atom is 0.289 e. The Bertz CT molecular complexity index is 2500. The summed E-state index contributed by atoms with van der Waals surface area (Å²) in [7, 11) is 0. The van der Waals surface area contributed by atoms with Crippen molar-refractivity contribution in [2.24, 2.45) is 0 Å². The zero-order chi connectivity index (χ0) is 33.0. The largest absolute Gasteiger partial charge is 0.319 e. The SMILES string of the molecule is c1ccc(B2c3c(c4ccccc4n3-c3ccccc3)N(c3ccc(-c4ccccc4)cc3)c3c2n(-c2ccccc2)c2ccccc32)cc1. The highest BCUT2D eigenvalue weighted by Crippen LogP contribution is 2.46. The van der Waals surface area contributed by atoms with E-state index in [0.29, 0.717) is 0 Å². The first-order valence-corrected chi connectivity index (χ1v) is 17.2. The number of hydrogen-bond acceptors (Lipinski definition) is 1. The molecule has 10 rings (SSSR count). The van der Waals surface area contributed by atoms with Crippen LogP contribution in [0.5, 0.6) is 0 Å². The van der Waals surface area contributed by atoms with E-state index in [1.54, 1.807) is 0 Å². The molecule has 3 nitrogen and oxygen atoms in total. The van der Waals surface area contributed by atoms with Gasteiger partial charge in [0.2, 0.25) is 0 Å². The van der Waals surface area contributed by atoms with Crippen LogP contribution in [0.1, 0.15) is 0 Å². The van der Waals surface area contributed by atoms with Crippen LogP contribution in [0.25, 0.3) is 44.3 Å². The standard InChI is InChI=1S/C46H32BN3/c1-5-17-33(18-6-1)34-29-31-38(32-30-34)50-43-39-25-13-15-27-41(39)48(36-21-9-3-10-22-36)45(43)47(35-19-7-2-8-20-35)46-44(50)40-26-14-16-28-42(40)49(46)37-23-11-4-12-24-37/h1-32H. The van der Waals surface area contributed by atoms with Crippen molar-refractivity contribution < 1.29 is 0 Å². The van der Waals surface area contributed by atoms with E-state index in [0.717, 1.165) is 17.1 Å². The summed E-state index contributed by atoms with van der Waals surface area (Å²) in [4.78, 5) is 2.54. The molecule has 0 atom stereocenters. The molecule has 0 unspecified atom stereocenters. The summed E-state index contributed by atoms with van der Waals surface area (Å²) in [6, 6.07) is 70.3.